The Hall–Kier alpha value is -3.51. The first-order valence-corrected chi connectivity index (χ1v) is 11.3. The summed E-state index contributed by atoms with van der Waals surface area (Å²) in [5.41, 5.74) is 6.02. The summed E-state index contributed by atoms with van der Waals surface area (Å²) in [5, 5.41) is 0.0414. The summed E-state index contributed by atoms with van der Waals surface area (Å²) in [6, 6.07) is 3.09. The molecule has 0 spiro atoms. The Bertz CT molecular complexity index is 1460. The summed E-state index contributed by atoms with van der Waals surface area (Å²) in [6.07, 6.45) is 6.14. The predicted octanol–water partition coefficient (Wildman–Crippen LogP) is 3.23. The molecule has 0 atom stereocenters. The lowest BCUT2D eigenvalue weighted by Crippen LogP contribution is -2.16. The summed E-state index contributed by atoms with van der Waals surface area (Å²) in [7, 11) is -3.11. The van der Waals surface area contributed by atoms with Crippen LogP contribution in [0.3, 0.4) is 0 Å². The number of nitrogen functional groups attached to an aromatic ring is 1. The van der Waals surface area contributed by atoms with Gasteiger partial charge in [0.25, 0.3) is 10.0 Å². The minimum absolute atomic E-state index is 0.0414. The van der Waals surface area contributed by atoms with Crippen LogP contribution in [0.5, 0.6) is 5.88 Å². The van der Waals surface area contributed by atoms with E-state index >= 15 is 4.39 Å². The molecule has 0 saturated heterocycles. The van der Waals surface area contributed by atoms with E-state index in [2.05, 4.69) is 19.7 Å². The Labute approximate surface area is 192 Å². The molecule has 3 aromatic heterocycles. The van der Waals surface area contributed by atoms with Gasteiger partial charge in [0.1, 0.15) is 5.82 Å². The van der Waals surface area contributed by atoms with Crippen LogP contribution in [0.2, 0.25) is 5.02 Å². The van der Waals surface area contributed by atoms with Crippen LogP contribution in [0.1, 0.15) is 11.3 Å². The molecule has 13 heteroatoms. The summed E-state index contributed by atoms with van der Waals surface area (Å²) < 4.78 is 63.9. The second-order valence-corrected chi connectivity index (χ2v) is 9.02. The molecular formula is C20H17ClF2N6O3S. The third kappa shape index (κ3) is 4.52. The van der Waals surface area contributed by atoms with E-state index in [0.717, 1.165) is 18.2 Å². The highest BCUT2D eigenvalue weighted by atomic mass is 35.5. The topological polar surface area (TPSA) is 124 Å². The number of hydrogen-bond acceptors (Lipinski definition) is 7. The van der Waals surface area contributed by atoms with Gasteiger partial charge in [0.05, 0.1) is 23.5 Å². The zero-order valence-electron chi connectivity index (χ0n) is 17.1. The number of benzene rings is 1. The van der Waals surface area contributed by atoms with Gasteiger partial charge in [0.15, 0.2) is 22.2 Å². The lowest BCUT2D eigenvalue weighted by Gasteiger charge is -2.13. The molecule has 0 bridgehead atoms. The molecule has 3 N–H and O–H groups in total. The van der Waals surface area contributed by atoms with Gasteiger partial charge in [-0.3, -0.25) is 4.72 Å². The zero-order valence-corrected chi connectivity index (χ0v) is 18.7. The van der Waals surface area contributed by atoms with E-state index in [-0.39, 0.29) is 35.1 Å². The molecule has 0 radical (unpaired) electrons. The Kier molecular flexibility index (Phi) is 6.04. The van der Waals surface area contributed by atoms with Gasteiger partial charge >= 0.3 is 0 Å². The minimum atomic E-state index is -4.34. The predicted molar refractivity (Wildman–Crippen MR) is 118 cm³/mol. The molecule has 0 aliphatic carbocycles. The molecule has 4 rings (SSSR count). The number of methoxy groups -OCH3 is 1. The van der Waals surface area contributed by atoms with Crippen LogP contribution >= 0.6 is 11.6 Å². The molecule has 0 aliphatic rings. The number of fused-ring (bicyclic) bond motifs is 1. The molecular weight excluding hydrogens is 478 g/mol. The standard InChI is InChI=1S/C20H17ClF2N6O3S/c1-32-20-16(8-11(21)9-26-20)33(30,31)28-15-5-4-14(22)13(17(15)23)3-2-12-10-29-7-6-25-18(24)19(29)27-12/h4-10,28H,2-3H2,1H3,(H2,24,25). The summed E-state index contributed by atoms with van der Waals surface area (Å²) in [5.74, 6) is -1.86. The lowest BCUT2D eigenvalue weighted by molar-refractivity contribution is 0.385. The molecule has 0 saturated carbocycles. The fraction of sp³-hybridized carbons (Fsp3) is 0.150. The quantitative estimate of drug-likeness (QED) is 0.404. The largest absolute Gasteiger partial charge is 0.480 e. The van der Waals surface area contributed by atoms with Gasteiger partial charge in [-0.15, -0.1) is 0 Å². The van der Waals surface area contributed by atoms with Crippen molar-refractivity contribution in [1.82, 2.24) is 19.4 Å². The van der Waals surface area contributed by atoms with E-state index in [9.17, 15) is 12.8 Å². The fourth-order valence-electron chi connectivity index (χ4n) is 3.22. The van der Waals surface area contributed by atoms with E-state index in [0.29, 0.717) is 11.3 Å². The normalized spacial score (nSPS) is 11.6. The number of halogens is 3. The Balaban J connectivity index is 1.61. The summed E-state index contributed by atoms with van der Waals surface area (Å²) in [4.78, 5) is 11.7. The maximum Gasteiger partial charge on any atom is 0.267 e. The first-order chi connectivity index (χ1) is 15.7. The number of imidazole rings is 1. The van der Waals surface area contributed by atoms with Crippen LogP contribution < -0.4 is 15.2 Å². The number of ether oxygens (including phenoxy) is 1. The number of rotatable bonds is 7. The number of hydrogen-bond donors (Lipinski definition) is 2. The number of pyridine rings is 1. The second kappa shape index (κ2) is 8.79. The maximum atomic E-state index is 15.1. The molecule has 4 aromatic rings. The van der Waals surface area contributed by atoms with Crippen LogP contribution in [0, 0.1) is 11.6 Å². The summed E-state index contributed by atoms with van der Waals surface area (Å²) in [6.45, 7) is 0. The molecule has 0 unspecified atom stereocenters. The monoisotopic (exact) mass is 494 g/mol. The van der Waals surface area contributed by atoms with Crippen molar-refractivity contribution in [3.63, 3.8) is 0 Å². The van der Waals surface area contributed by atoms with Gasteiger partial charge in [-0.25, -0.2) is 32.2 Å². The molecule has 3 heterocycles. The highest BCUT2D eigenvalue weighted by Crippen LogP contribution is 2.29. The molecule has 9 nitrogen and oxygen atoms in total. The van der Waals surface area contributed by atoms with Gasteiger partial charge < -0.3 is 14.9 Å². The van der Waals surface area contributed by atoms with E-state index in [4.69, 9.17) is 22.1 Å². The van der Waals surface area contributed by atoms with E-state index < -0.39 is 32.2 Å². The number of aromatic nitrogens is 4. The molecule has 1 aromatic carbocycles. The molecule has 0 amide bonds. The Morgan fingerprint density at radius 3 is 2.76 bits per heavy atom. The summed E-state index contributed by atoms with van der Waals surface area (Å²) >= 11 is 5.85. The van der Waals surface area contributed by atoms with Gasteiger partial charge in [0, 0.05) is 30.4 Å². The van der Waals surface area contributed by atoms with Gasteiger partial charge in [-0.05, 0) is 31.0 Å². The first kappa shape index (κ1) is 22.7. The van der Waals surface area contributed by atoms with Crippen molar-refractivity contribution in [3.8, 4) is 5.88 Å². The van der Waals surface area contributed by atoms with Crippen molar-refractivity contribution in [1.29, 1.82) is 0 Å². The first-order valence-electron chi connectivity index (χ1n) is 9.47. The molecule has 33 heavy (non-hydrogen) atoms. The lowest BCUT2D eigenvalue weighted by atomic mass is 10.1. The second-order valence-electron chi connectivity index (χ2n) is 6.93. The average molecular weight is 495 g/mol. The number of sulfonamides is 1. The number of anilines is 2. The number of aryl methyl sites for hydroxylation is 1. The van der Waals surface area contributed by atoms with Crippen LogP contribution in [0.4, 0.5) is 20.3 Å². The third-order valence-electron chi connectivity index (χ3n) is 4.78. The van der Waals surface area contributed by atoms with E-state index in [1.807, 2.05) is 0 Å². The molecule has 0 aliphatic heterocycles. The van der Waals surface area contributed by atoms with Gasteiger partial charge in [0.2, 0.25) is 5.88 Å². The number of nitrogens with zero attached hydrogens (tertiary/aromatic N) is 4. The number of nitrogens with two attached hydrogens (primary N) is 1. The minimum Gasteiger partial charge on any atom is -0.480 e. The smallest absolute Gasteiger partial charge is 0.267 e. The zero-order chi connectivity index (χ0) is 23.8. The van der Waals surface area contributed by atoms with Crippen molar-refractivity contribution < 1.29 is 21.9 Å². The van der Waals surface area contributed by atoms with Crippen LogP contribution in [-0.4, -0.2) is 34.9 Å². The highest BCUT2D eigenvalue weighted by molar-refractivity contribution is 7.92. The third-order valence-corrected chi connectivity index (χ3v) is 6.35. The van der Waals surface area contributed by atoms with Gasteiger partial charge in [-0.2, -0.15) is 0 Å². The number of nitrogens with one attached hydrogen (secondary N) is 1. The Morgan fingerprint density at radius 1 is 1.24 bits per heavy atom. The van der Waals surface area contributed by atoms with Crippen molar-refractivity contribution in [3.05, 3.63) is 70.9 Å². The molecule has 172 valence electrons. The average Bonchev–Trinajstić information content (AvgIpc) is 3.20. The van der Waals surface area contributed by atoms with E-state index in [1.54, 1.807) is 16.8 Å². The highest BCUT2D eigenvalue weighted by Gasteiger charge is 2.24. The van der Waals surface area contributed by atoms with Gasteiger partial charge in [-0.1, -0.05) is 11.6 Å². The maximum absolute atomic E-state index is 15.1. The van der Waals surface area contributed by atoms with Crippen molar-refractivity contribution >= 4 is 38.8 Å². The van der Waals surface area contributed by atoms with Crippen molar-refractivity contribution in [2.45, 2.75) is 17.7 Å². The van der Waals surface area contributed by atoms with Crippen LogP contribution in [0.15, 0.2) is 47.9 Å². The van der Waals surface area contributed by atoms with Crippen LogP contribution in [0.25, 0.3) is 5.65 Å². The Morgan fingerprint density at radius 2 is 2.03 bits per heavy atom. The SMILES string of the molecule is COc1ncc(Cl)cc1S(=O)(=O)Nc1ccc(F)c(CCc2cn3ccnc(N)c3n2)c1F. The fourth-order valence-corrected chi connectivity index (χ4v) is 4.65. The van der Waals surface area contributed by atoms with Crippen LogP contribution in [-0.2, 0) is 22.9 Å². The van der Waals surface area contributed by atoms with Crippen molar-refractivity contribution in [2.75, 3.05) is 17.6 Å². The molecule has 0 fully saturated rings. The van der Waals surface area contributed by atoms with Crippen molar-refractivity contribution in [2.24, 2.45) is 0 Å². The van der Waals surface area contributed by atoms with E-state index in [1.165, 1.54) is 19.5 Å².